The van der Waals surface area contributed by atoms with Crippen molar-refractivity contribution in [1.29, 1.82) is 0 Å². The molecular formula is C17H27N2O. The van der Waals surface area contributed by atoms with E-state index in [2.05, 4.69) is 47.6 Å². The number of benzene rings is 1. The molecule has 5 N–H and O–H groups in total. The molecule has 3 nitrogen and oxygen atoms in total. The molecule has 0 aliphatic heterocycles. The van der Waals surface area contributed by atoms with Crippen LogP contribution in [0.2, 0.25) is 0 Å². The fraction of sp³-hybridized carbons (Fsp3) is 0.471. The van der Waals surface area contributed by atoms with Gasteiger partial charge in [0, 0.05) is 16.8 Å². The zero-order valence-electron chi connectivity index (χ0n) is 13.4. The molecule has 0 aromatic heterocycles. The SMILES string of the molecule is CC(C)(C)c1cc(C=C(N)[CH]N)c(O)c(C(C)(C)C)c1. The van der Waals surface area contributed by atoms with Crippen LogP contribution in [0.5, 0.6) is 5.75 Å². The number of phenols is 1. The second-order valence-corrected chi connectivity index (χ2v) is 7.27. The summed E-state index contributed by atoms with van der Waals surface area (Å²) in [5, 5.41) is 10.5. The Bertz CT molecular complexity index is 517. The number of nitrogens with two attached hydrogens (primary N) is 2. The first-order chi connectivity index (χ1) is 8.96. The Balaban J connectivity index is 3.60. The molecule has 1 radical (unpaired) electrons. The van der Waals surface area contributed by atoms with Crippen molar-refractivity contribution in [3.8, 4) is 5.75 Å². The van der Waals surface area contributed by atoms with Crippen LogP contribution in [0, 0.1) is 6.54 Å². The Morgan fingerprint density at radius 1 is 1.05 bits per heavy atom. The molecule has 3 heteroatoms. The molecule has 0 aliphatic carbocycles. The normalized spacial score (nSPS) is 13.7. The van der Waals surface area contributed by atoms with E-state index < -0.39 is 0 Å². The average Bonchev–Trinajstić information content (AvgIpc) is 2.28. The lowest BCUT2D eigenvalue weighted by atomic mass is 9.79. The van der Waals surface area contributed by atoms with E-state index in [1.54, 1.807) is 6.08 Å². The molecule has 20 heavy (non-hydrogen) atoms. The highest BCUT2D eigenvalue weighted by Crippen LogP contribution is 2.38. The van der Waals surface area contributed by atoms with Crippen molar-refractivity contribution in [2.24, 2.45) is 11.5 Å². The first-order valence-electron chi connectivity index (χ1n) is 6.87. The van der Waals surface area contributed by atoms with Crippen molar-refractivity contribution in [3.63, 3.8) is 0 Å². The van der Waals surface area contributed by atoms with Crippen LogP contribution < -0.4 is 11.5 Å². The van der Waals surface area contributed by atoms with Gasteiger partial charge < -0.3 is 16.6 Å². The fourth-order valence-electron chi connectivity index (χ4n) is 2.00. The molecule has 0 aliphatic rings. The zero-order chi connectivity index (χ0) is 15.7. The topological polar surface area (TPSA) is 72.3 Å². The van der Waals surface area contributed by atoms with Gasteiger partial charge in [-0.2, -0.15) is 0 Å². The Morgan fingerprint density at radius 2 is 1.60 bits per heavy atom. The summed E-state index contributed by atoms with van der Waals surface area (Å²) in [5.41, 5.74) is 14.3. The Kier molecular flexibility index (Phi) is 4.55. The van der Waals surface area contributed by atoms with Crippen molar-refractivity contribution < 1.29 is 5.11 Å². The summed E-state index contributed by atoms with van der Waals surface area (Å²) < 4.78 is 0. The van der Waals surface area contributed by atoms with Crippen molar-refractivity contribution in [2.75, 3.05) is 0 Å². The van der Waals surface area contributed by atoms with Gasteiger partial charge in [0.25, 0.3) is 0 Å². The largest absolute Gasteiger partial charge is 0.507 e. The molecule has 0 bridgehead atoms. The Labute approximate surface area is 122 Å². The molecular weight excluding hydrogens is 248 g/mol. The minimum absolute atomic E-state index is 0.00250. The summed E-state index contributed by atoms with van der Waals surface area (Å²) in [5.74, 6) is 0.273. The standard InChI is InChI=1S/C17H27N2O/c1-16(2,3)12-7-11(8-13(19)10-18)15(20)14(9-12)17(4,5)6/h7-10,20H,18-19H2,1-6H3. The third-order valence-electron chi connectivity index (χ3n) is 3.33. The monoisotopic (exact) mass is 275 g/mol. The molecule has 111 valence electrons. The molecule has 0 unspecified atom stereocenters. The van der Waals surface area contributed by atoms with Crippen molar-refractivity contribution in [2.45, 2.75) is 52.4 Å². The summed E-state index contributed by atoms with van der Waals surface area (Å²) in [7, 11) is 0. The van der Waals surface area contributed by atoms with Crippen LogP contribution in [-0.4, -0.2) is 5.11 Å². The van der Waals surface area contributed by atoms with Gasteiger partial charge in [0.05, 0.1) is 6.54 Å². The molecule has 0 heterocycles. The van der Waals surface area contributed by atoms with Crippen LogP contribution in [0.4, 0.5) is 0 Å². The third kappa shape index (κ3) is 3.76. The third-order valence-corrected chi connectivity index (χ3v) is 3.33. The Hall–Kier alpha value is -1.48. The lowest BCUT2D eigenvalue weighted by Crippen LogP contribution is -2.17. The maximum atomic E-state index is 10.5. The van der Waals surface area contributed by atoms with E-state index in [9.17, 15) is 5.11 Å². The molecule has 0 spiro atoms. The van der Waals surface area contributed by atoms with E-state index in [0.717, 1.165) is 11.1 Å². The Morgan fingerprint density at radius 3 is 2.00 bits per heavy atom. The highest BCUT2D eigenvalue weighted by atomic mass is 16.3. The molecule has 0 fully saturated rings. The van der Waals surface area contributed by atoms with Crippen molar-refractivity contribution >= 4 is 6.08 Å². The first kappa shape index (κ1) is 16.6. The molecule has 0 atom stereocenters. The van der Waals surface area contributed by atoms with Crippen LogP contribution >= 0.6 is 0 Å². The predicted octanol–water partition coefficient (Wildman–Crippen LogP) is 3.41. The van der Waals surface area contributed by atoms with Gasteiger partial charge in [-0.1, -0.05) is 47.6 Å². The lowest BCUT2D eigenvalue weighted by Gasteiger charge is -2.27. The van der Waals surface area contributed by atoms with Gasteiger partial charge in [-0.3, -0.25) is 0 Å². The van der Waals surface area contributed by atoms with Crippen LogP contribution in [0.25, 0.3) is 6.08 Å². The van der Waals surface area contributed by atoms with Crippen LogP contribution in [-0.2, 0) is 10.8 Å². The number of aromatic hydroxyl groups is 1. The molecule has 0 saturated carbocycles. The zero-order valence-corrected chi connectivity index (χ0v) is 13.4. The van der Waals surface area contributed by atoms with E-state index >= 15 is 0 Å². The van der Waals surface area contributed by atoms with Crippen LogP contribution in [0.15, 0.2) is 17.8 Å². The maximum Gasteiger partial charge on any atom is 0.126 e. The highest BCUT2D eigenvalue weighted by molar-refractivity contribution is 5.64. The first-order valence-corrected chi connectivity index (χ1v) is 6.87. The van der Waals surface area contributed by atoms with Gasteiger partial charge in [-0.15, -0.1) is 0 Å². The molecule has 0 amide bonds. The lowest BCUT2D eigenvalue weighted by molar-refractivity contribution is 0.443. The molecule has 0 saturated heterocycles. The van der Waals surface area contributed by atoms with E-state index in [4.69, 9.17) is 11.5 Å². The number of hydrogen-bond acceptors (Lipinski definition) is 3. The van der Waals surface area contributed by atoms with Gasteiger partial charge in [0.2, 0.25) is 0 Å². The number of rotatable bonds is 2. The number of hydrogen-bond donors (Lipinski definition) is 3. The van der Waals surface area contributed by atoms with E-state index in [1.165, 1.54) is 6.54 Å². The summed E-state index contributed by atoms with van der Waals surface area (Å²) in [6.07, 6.45) is 1.71. The van der Waals surface area contributed by atoms with Gasteiger partial charge >= 0.3 is 0 Å². The minimum atomic E-state index is -0.144. The van der Waals surface area contributed by atoms with Crippen molar-refractivity contribution in [3.05, 3.63) is 41.1 Å². The highest BCUT2D eigenvalue weighted by Gasteiger charge is 2.24. The second-order valence-electron chi connectivity index (χ2n) is 7.27. The van der Waals surface area contributed by atoms with Gasteiger partial charge in [0.1, 0.15) is 5.75 Å². The van der Waals surface area contributed by atoms with E-state index in [1.807, 2.05) is 6.07 Å². The van der Waals surface area contributed by atoms with E-state index in [0.29, 0.717) is 11.3 Å². The van der Waals surface area contributed by atoms with Crippen LogP contribution in [0.3, 0.4) is 0 Å². The number of phenolic OH excluding ortho intramolecular Hbond substituents is 1. The predicted molar refractivity (Wildman–Crippen MR) is 86.2 cm³/mol. The quantitative estimate of drug-likeness (QED) is 0.774. The molecule has 1 rings (SSSR count). The summed E-state index contributed by atoms with van der Waals surface area (Å²) in [6.45, 7) is 14.0. The van der Waals surface area contributed by atoms with Gasteiger partial charge in [-0.25, -0.2) is 0 Å². The van der Waals surface area contributed by atoms with Gasteiger partial charge in [0.15, 0.2) is 0 Å². The van der Waals surface area contributed by atoms with Gasteiger partial charge in [-0.05, 0) is 28.5 Å². The van der Waals surface area contributed by atoms with E-state index in [-0.39, 0.29) is 16.6 Å². The summed E-state index contributed by atoms with van der Waals surface area (Å²) in [6, 6.07) is 4.05. The molecule has 1 aromatic carbocycles. The summed E-state index contributed by atoms with van der Waals surface area (Å²) in [4.78, 5) is 0. The minimum Gasteiger partial charge on any atom is -0.507 e. The maximum absolute atomic E-state index is 10.5. The molecule has 1 aromatic rings. The fourth-order valence-corrected chi connectivity index (χ4v) is 2.00. The average molecular weight is 275 g/mol. The second kappa shape index (κ2) is 5.49. The van der Waals surface area contributed by atoms with Crippen molar-refractivity contribution in [1.82, 2.24) is 0 Å². The summed E-state index contributed by atoms with van der Waals surface area (Å²) >= 11 is 0. The van der Waals surface area contributed by atoms with Crippen LogP contribution in [0.1, 0.15) is 58.2 Å². The smallest absolute Gasteiger partial charge is 0.126 e.